The summed E-state index contributed by atoms with van der Waals surface area (Å²) >= 11 is 1.70. The molecule has 2 radical (unpaired) electrons. The fourth-order valence-electron chi connectivity index (χ4n) is 6.23. The molecule has 3 aromatic heterocycles. The van der Waals surface area contributed by atoms with Gasteiger partial charge in [0.05, 0.1) is 5.52 Å². The second kappa shape index (κ2) is 15.9. The summed E-state index contributed by atoms with van der Waals surface area (Å²) in [6, 6.07) is 19.5. The van der Waals surface area contributed by atoms with E-state index >= 15 is 0 Å². The van der Waals surface area contributed by atoms with Crippen LogP contribution >= 0.6 is 11.3 Å². The predicted octanol–water partition coefficient (Wildman–Crippen LogP) is 6.36. The molecule has 0 saturated carbocycles. The van der Waals surface area contributed by atoms with E-state index in [4.69, 9.17) is 4.98 Å². The van der Waals surface area contributed by atoms with Gasteiger partial charge < -0.3 is 29.0 Å². The molecule has 0 amide bonds. The monoisotopic (exact) mass is 1080 g/mol. The minimum Gasteiger partial charge on any atom is -0.511 e. The molecule has 0 N–H and O–H groups in total. The SMILES string of the molecule is CN1C=CN(C)[CH-]1.CN1C=CN(C)[CH-]1.Cn1[c-]c(-c2ccc3c(c2)C(C)(C)c2cc(-c4nc5ccc(-c6[c-]n(C)nn6)cc5s4)ccc2-3)nn1.[Au].[Au]. The number of nitrogens with zero attached hydrogens (tertiary/aromatic N) is 11. The van der Waals surface area contributed by atoms with Crippen molar-refractivity contribution < 1.29 is 44.8 Å². The molecule has 3 aromatic carbocycles. The van der Waals surface area contributed by atoms with Crippen molar-refractivity contribution in [2.24, 2.45) is 14.1 Å². The molecule has 0 saturated heterocycles. The number of aromatic nitrogens is 7. The van der Waals surface area contributed by atoms with Gasteiger partial charge in [-0.25, -0.2) is 4.98 Å². The standard InChI is InChI=1S/C28H21N7S.2C5H9N2.2Au/c1-28(2)21-11-16(24-14-34(3)32-30-24)5-8-19(21)20-9-6-18(12-22(20)28)27-29-23-10-7-17(13-26(23)36-27)25-15-35(4)33-31-25;2*1-6-3-4-7(2)5-6;;/h5-13H,1-4H3;2*3-5H,1-2H3;;/q-2;2*-1;;. The number of benzene rings is 3. The van der Waals surface area contributed by atoms with Crippen LogP contribution in [-0.2, 0) is 64.3 Å². The van der Waals surface area contributed by atoms with Gasteiger partial charge in [0.2, 0.25) is 0 Å². The van der Waals surface area contributed by atoms with Gasteiger partial charge in [0.1, 0.15) is 5.01 Å². The first-order valence-corrected chi connectivity index (χ1v) is 17.0. The third kappa shape index (κ3) is 8.13. The molecular formula is C38H39Au2N11S-4. The van der Waals surface area contributed by atoms with E-state index in [1.165, 1.54) is 22.3 Å². The number of rotatable bonds is 3. The van der Waals surface area contributed by atoms with Crippen molar-refractivity contribution in [3.05, 3.63) is 116 Å². The van der Waals surface area contributed by atoms with Crippen molar-refractivity contribution >= 4 is 21.6 Å². The Kier molecular flexibility index (Phi) is 12.0. The third-order valence-corrected chi connectivity index (χ3v) is 9.82. The van der Waals surface area contributed by atoms with Crippen molar-refractivity contribution in [2.45, 2.75) is 19.3 Å². The predicted molar refractivity (Wildman–Crippen MR) is 198 cm³/mol. The Labute approximate surface area is 340 Å². The van der Waals surface area contributed by atoms with Crippen molar-refractivity contribution in [1.29, 1.82) is 0 Å². The van der Waals surface area contributed by atoms with E-state index in [0.717, 1.165) is 43.3 Å². The van der Waals surface area contributed by atoms with Crippen LogP contribution in [0.25, 0.3) is 54.4 Å². The summed E-state index contributed by atoms with van der Waals surface area (Å²) in [6.45, 7) is 8.57. The van der Waals surface area contributed by atoms with Crippen molar-refractivity contribution in [3.8, 4) is 44.2 Å². The van der Waals surface area contributed by atoms with E-state index in [-0.39, 0.29) is 50.2 Å². The zero-order valence-electron chi connectivity index (χ0n) is 30.1. The minimum absolute atomic E-state index is 0. The summed E-state index contributed by atoms with van der Waals surface area (Å²) in [7, 11) is 11.7. The van der Waals surface area contributed by atoms with E-state index in [1.807, 2.05) is 112 Å². The van der Waals surface area contributed by atoms with Crippen LogP contribution in [0, 0.1) is 25.7 Å². The summed E-state index contributed by atoms with van der Waals surface area (Å²) in [5, 5.41) is 17.5. The summed E-state index contributed by atoms with van der Waals surface area (Å²) < 4.78 is 4.33. The number of hydrogen-bond acceptors (Lipinski definition) is 10. The smallest absolute Gasteiger partial charge is 0.124 e. The number of hydrogen-bond donors (Lipinski definition) is 0. The molecule has 1 aliphatic carbocycles. The van der Waals surface area contributed by atoms with Crippen LogP contribution in [0.4, 0.5) is 0 Å². The van der Waals surface area contributed by atoms with Crippen LogP contribution in [0.5, 0.6) is 0 Å². The zero-order chi connectivity index (χ0) is 35.2. The molecule has 14 heteroatoms. The van der Waals surface area contributed by atoms with Gasteiger partial charge in [-0.1, -0.05) is 59.9 Å². The van der Waals surface area contributed by atoms with Gasteiger partial charge in [-0.3, -0.25) is 0 Å². The molecule has 11 nitrogen and oxygen atoms in total. The van der Waals surface area contributed by atoms with E-state index < -0.39 is 0 Å². The van der Waals surface area contributed by atoms with Crippen molar-refractivity contribution in [2.75, 3.05) is 28.2 Å². The largest absolute Gasteiger partial charge is 0.511 e. The first-order valence-electron chi connectivity index (χ1n) is 16.2. The average molecular weight is 1080 g/mol. The molecule has 5 heterocycles. The number of thiazole rings is 1. The molecule has 2 aliphatic heterocycles. The van der Waals surface area contributed by atoms with Gasteiger partial charge in [-0.15, -0.1) is 59.1 Å². The Balaban J connectivity index is 0.000000274. The fourth-order valence-corrected chi connectivity index (χ4v) is 7.23. The van der Waals surface area contributed by atoms with Crippen LogP contribution in [-0.4, -0.2) is 82.8 Å². The topological polar surface area (TPSA) is 87.3 Å². The Hall–Kier alpha value is -4.01. The minimum atomic E-state index is -0.148. The molecule has 6 aromatic rings. The summed E-state index contributed by atoms with van der Waals surface area (Å²) in [4.78, 5) is 12.9. The molecule has 0 unspecified atom stereocenters. The Morgan fingerprint density at radius 3 is 1.48 bits per heavy atom. The Bertz CT molecular complexity index is 2190. The maximum atomic E-state index is 4.95. The van der Waals surface area contributed by atoms with Crippen LogP contribution in [0.15, 0.2) is 79.4 Å². The molecule has 0 fully saturated rings. The second-order valence-electron chi connectivity index (χ2n) is 13.2. The van der Waals surface area contributed by atoms with Gasteiger partial charge in [-0.2, -0.15) is 23.5 Å². The van der Waals surface area contributed by atoms with Gasteiger partial charge in [0.25, 0.3) is 0 Å². The maximum Gasteiger partial charge on any atom is 0.124 e. The number of fused-ring (bicyclic) bond motifs is 4. The van der Waals surface area contributed by atoms with Crippen LogP contribution in [0.2, 0.25) is 0 Å². The van der Waals surface area contributed by atoms with Gasteiger partial charge in [0, 0.05) is 74.5 Å². The molecule has 0 atom stereocenters. The summed E-state index contributed by atoms with van der Waals surface area (Å²) in [5.74, 6) is 0. The summed E-state index contributed by atoms with van der Waals surface area (Å²) in [5.41, 5.74) is 10.6. The second-order valence-corrected chi connectivity index (χ2v) is 14.2. The Morgan fingerprint density at radius 2 is 1.04 bits per heavy atom. The first-order chi connectivity index (χ1) is 23.9. The molecular weight excluding hydrogens is 1040 g/mol. The van der Waals surface area contributed by atoms with Crippen molar-refractivity contribution in [3.63, 3.8) is 0 Å². The quantitative estimate of drug-likeness (QED) is 0.149. The van der Waals surface area contributed by atoms with E-state index in [1.54, 1.807) is 20.7 Å². The molecule has 3 aliphatic rings. The average Bonchev–Trinajstić information content (AvgIpc) is 3.95. The fraction of sp³-hybridized carbons (Fsp3) is 0.237. The molecule has 9 rings (SSSR count). The maximum absolute atomic E-state index is 4.95. The van der Waals surface area contributed by atoms with Gasteiger partial charge in [-0.05, 0) is 81.3 Å². The molecule has 0 spiro atoms. The first kappa shape index (κ1) is 39.2. The van der Waals surface area contributed by atoms with E-state index in [2.05, 4.69) is 89.3 Å². The van der Waals surface area contributed by atoms with E-state index in [0.29, 0.717) is 0 Å². The normalized spacial score (nSPS) is 14.7. The van der Waals surface area contributed by atoms with Crippen LogP contribution in [0.1, 0.15) is 25.0 Å². The van der Waals surface area contributed by atoms with Crippen LogP contribution in [0.3, 0.4) is 0 Å². The van der Waals surface area contributed by atoms with Crippen LogP contribution < -0.4 is 0 Å². The molecule has 0 bridgehead atoms. The van der Waals surface area contributed by atoms with Gasteiger partial charge >= 0.3 is 0 Å². The number of aryl methyl sites for hydroxylation is 2. The Morgan fingerprint density at radius 1 is 0.596 bits per heavy atom. The van der Waals surface area contributed by atoms with E-state index in [9.17, 15) is 0 Å². The zero-order valence-corrected chi connectivity index (χ0v) is 35.2. The summed E-state index contributed by atoms with van der Waals surface area (Å²) in [6.07, 6.45) is 14.3. The third-order valence-electron chi connectivity index (χ3n) is 8.75. The molecule has 52 heavy (non-hydrogen) atoms. The van der Waals surface area contributed by atoms with Gasteiger partial charge in [0.15, 0.2) is 0 Å². The molecule has 278 valence electrons. The van der Waals surface area contributed by atoms with Crippen molar-refractivity contribution in [1.82, 2.24) is 54.6 Å².